The first-order valence-electron chi connectivity index (χ1n) is 7.73. The van der Waals surface area contributed by atoms with E-state index in [1.165, 1.54) is 5.56 Å². The van der Waals surface area contributed by atoms with Gasteiger partial charge >= 0.3 is 0 Å². The predicted molar refractivity (Wildman–Crippen MR) is 88.7 cm³/mol. The van der Waals surface area contributed by atoms with E-state index in [1.807, 2.05) is 18.2 Å². The Morgan fingerprint density at radius 1 is 1.12 bits per heavy atom. The van der Waals surface area contributed by atoms with E-state index >= 15 is 0 Å². The maximum atomic E-state index is 11.4. The van der Waals surface area contributed by atoms with Gasteiger partial charge in [-0.15, -0.1) is 0 Å². The van der Waals surface area contributed by atoms with E-state index < -0.39 is 0 Å². The SMILES string of the molecule is CCc1ccc(-c2noc(-c3ccc4c(c3)NC(=O)CO4)n2)cc1. The van der Waals surface area contributed by atoms with Crippen molar-refractivity contribution in [3.05, 3.63) is 48.0 Å². The average Bonchev–Trinajstić information content (AvgIpc) is 3.11. The summed E-state index contributed by atoms with van der Waals surface area (Å²) < 4.78 is 10.7. The number of hydrogen-bond acceptors (Lipinski definition) is 5. The number of benzene rings is 2. The Labute approximate surface area is 138 Å². The summed E-state index contributed by atoms with van der Waals surface area (Å²) >= 11 is 0. The normalized spacial score (nSPS) is 13.1. The minimum absolute atomic E-state index is 0.0325. The lowest BCUT2D eigenvalue weighted by molar-refractivity contribution is -0.118. The van der Waals surface area contributed by atoms with Crippen LogP contribution in [0.1, 0.15) is 12.5 Å². The van der Waals surface area contributed by atoms with Gasteiger partial charge in [-0.3, -0.25) is 4.79 Å². The molecule has 120 valence electrons. The minimum Gasteiger partial charge on any atom is -0.482 e. The first-order valence-corrected chi connectivity index (χ1v) is 7.73. The van der Waals surface area contributed by atoms with Gasteiger partial charge in [0.15, 0.2) is 6.61 Å². The van der Waals surface area contributed by atoms with E-state index in [0.29, 0.717) is 23.2 Å². The Bertz CT molecular complexity index is 900. The molecule has 1 amide bonds. The second-order valence-corrected chi connectivity index (χ2v) is 5.52. The summed E-state index contributed by atoms with van der Waals surface area (Å²) in [6.07, 6.45) is 0.987. The highest BCUT2D eigenvalue weighted by Crippen LogP contribution is 2.32. The third kappa shape index (κ3) is 2.62. The van der Waals surface area contributed by atoms with Crippen LogP contribution in [0.2, 0.25) is 0 Å². The number of nitrogens with zero attached hydrogens (tertiary/aromatic N) is 2. The van der Waals surface area contributed by atoms with Gasteiger partial charge in [0.2, 0.25) is 5.82 Å². The van der Waals surface area contributed by atoms with Gasteiger partial charge in [-0.1, -0.05) is 36.3 Å². The Kier molecular flexibility index (Phi) is 3.49. The molecule has 0 fully saturated rings. The molecule has 4 rings (SSSR count). The average molecular weight is 321 g/mol. The van der Waals surface area contributed by atoms with E-state index in [1.54, 1.807) is 12.1 Å². The second-order valence-electron chi connectivity index (χ2n) is 5.52. The third-order valence-electron chi connectivity index (χ3n) is 3.91. The van der Waals surface area contributed by atoms with Crippen LogP contribution in [-0.2, 0) is 11.2 Å². The van der Waals surface area contributed by atoms with Gasteiger partial charge in [0.25, 0.3) is 11.8 Å². The molecule has 0 aliphatic carbocycles. The monoisotopic (exact) mass is 321 g/mol. The molecule has 3 aromatic rings. The number of hydrogen-bond donors (Lipinski definition) is 1. The zero-order chi connectivity index (χ0) is 16.5. The molecule has 1 N–H and O–H groups in total. The van der Waals surface area contributed by atoms with Gasteiger partial charge in [-0.05, 0) is 30.2 Å². The molecule has 2 aromatic carbocycles. The van der Waals surface area contributed by atoms with Crippen LogP contribution in [-0.4, -0.2) is 22.7 Å². The minimum atomic E-state index is -0.179. The van der Waals surface area contributed by atoms with Crippen molar-refractivity contribution in [1.29, 1.82) is 0 Å². The van der Waals surface area contributed by atoms with E-state index in [9.17, 15) is 4.79 Å². The van der Waals surface area contributed by atoms with Crippen molar-refractivity contribution in [3.63, 3.8) is 0 Å². The van der Waals surface area contributed by atoms with E-state index in [-0.39, 0.29) is 12.5 Å². The number of aryl methyl sites for hydroxylation is 1. The van der Waals surface area contributed by atoms with Crippen molar-refractivity contribution in [3.8, 4) is 28.6 Å². The largest absolute Gasteiger partial charge is 0.482 e. The highest BCUT2D eigenvalue weighted by molar-refractivity contribution is 5.96. The summed E-state index contributed by atoms with van der Waals surface area (Å²) in [7, 11) is 0. The Morgan fingerprint density at radius 2 is 1.92 bits per heavy atom. The molecule has 24 heavy (non-hydrogen) atoms. The summed E-state index contributed by atoms with van der Waals surface area (Å²) in [4.78, 5) is 15.9. The van der Waals surface area contributed by atoms with Crippen molar-refractivity contribution in [1.82, 2.24) is 10.1 Å². The standard InChI is InChI=1S/C18H15N3O3/c1-2-11-3-5-12(6-4-11)17-20-18(24-21-17)13-7-8-15-14(9-13)19-16(22)10-23-15/h3-9H,2,10H2,1H3,(H,19,22). The molecule has 0 spiro atoms. The first-order chi connectivity index (χ1) is 11.7. The lowest BCUT2D eigenvalue weighted by Crippen LogP contribution is -2.25. The van der Waals surface area contributed by atoms with Crippen LogP contribution in [0.4, 0.5) is 5.69 Å². The molecule has 1 aromatic heterocycles. The van der Waals surface area contributed by atoms with Crippen LogP contribution in [0.25, 0.3) is 22.8 Å². The molecule has 0 unspecified atom stereocenters. The van der Waals surface area contributed by atoms with Crippen LogP contribution in [0.15, 0.2) is 47.0 Å². The molecule has 0 radical (unpaired) electrons. The fourth-order valence-electron chi connectivity index (χ4n) is 2.56. The van der Waals surface area contributed by atoms with Gasteiger partial charge in [-0.25, -0.2) is 0 Å². The van der Waals surface area contributed by atoms with Crippen molar-refractivity contribution in [2.24, 2.45) is 0 Å². The maximum absolute atomic E-state index is 11.4. The Morgan fingerprint density at radius 3 is 2.71 bits per heavy atom. The number of fused-ring (bicyclic) bond motifs is 1. The maximum Gasteiger partial charge on any atom is 0.262 e. The van der Waals surface area contributed by atoms with Crippen LogP contribution >= 0.6 is 0 Å². The molecule has 0 saturated carbocycles. The number of rotatable bonds is 3. The highest BCUT2D eigenvalue weighted by atomic mass is 16.5. The summed E-state index contributed by atoms with van der Waals surface area (Å²) in [6.45, 7) is 2.14. The number of aromatic nitrogens is 2. The van der Waals surface area contributed by atoms with E-state index in [0.717, 1.165) is 17.5 Å². The molecule has 6 nitrogen and oxygen atoms in total. The van der Waals surface area contributed by atoms with Gasteiger partial charge < -0.3 is 14.6 Å². The van der Waals surface area contributed by atoms with Crippen molar-refractivity contribution >= 4 is 11.6 Å². The number of carbonyl (C=O) groups excluding carboxylic acids is 1. The zero-order valence-electron chi connectivity index (χ0n) is 13.1. The number of nitrogens with one attached hydrogen (secondary N) is 1. The lowest BCUT2D eigenvalue weighted by atomic mass is 10.1. The molecule has 0 atom stereocenters. The number of ether oxygens (including phenoxy) is 1. The Balaban J connectivity index is 1.65. The summed E-state index contributed by atoms with van der Waals surface area (Å²) in [5, 5.41) is 6.81. The quantitative estimate of drug-likeness (QED) is 0.801. The predicted octanol–water partition coefficient (Wildman–Crippen LogP) is 3.30. The molecule has 6 heteroatoms. The van der Waals surface area contributed by atoms with Gasteiger partial charge in [0.05, 0.1) is 5.69 Å². The first kappa shape index (κ1) is 14.4. The second kappa shape index (κ2) is 5.81. The van der Waals surface area contributed by atoms with E-state index in [2.05, 4.69) is 34.5 Å². The molecular formula is C18H15N3O3. The lowest BCUT2D eigenvalue weighted by Gasteiger charge is -2.17. The molecule has 0 bridgehead atoms. The van der Waals surface area contributed by atoms with Gasteiger partial charge in [0, 0.05) is 11.1 Å². The van der Waals surface area contributed by atoms with Crippen LogP contribution < -0.4 is 10.1 Å². The molecule has 0 saturated heterocycles. The van der Waals surface area contributed by atoms with Crippen molar-refractivity contribution in [2.45, 2.75) is 13.3 Å². The summed E-state index contributed by atoms with van der Waals surface area (Å²) in [5.74, 6) is 1.38. The van der Waals surface area contributed by atoms with Gasteiger partial charge in [0.1, 0.15) is 5.75 Å². The topological polar surface area (TPSA) is 77.2 Å². The fourth-order valence-corrected chi connectivity index (χ4v) is 2.56. The van der Waals surface area contributed by atoms with E-state index in [4.69, 9.17) is 9.26 Å². The third-order valence-corrected chi connectivity index (χ3v) is 3.91. The fraction of sp³-hybridized carbons (Fsp3) is 0.167. The van der Waals surface area contributed by atoms with Crippen molar-refractivity contribution < 1.29 is 14.1 Å². The Hall–Kier alpha value is -3.15. The molecular weight excluding hydrogens is 306 g/mol. The molecule has 1 aliphatic heterocycles. The summed E-state index contributed by atoms with van der Waals surface area (Å²) in [6, 6.07) is 13.4. The number of amides is 1. The zero-order valence-corrected chi connectivity index (χ0v) is 13.1. The number of anilines is 1. The van der Waals surface area contributed by atoms with Crippen LogP contribution in [0.3, 0.4) is 0 Å². The molecule has 1 aliphatic rings. The van der Waals surface area contributed by atoms with Crippen LogP contribution in [0, 0.1) is 0 Å². The van der Waals surface area contributed by atoms with Crippen LogP contribution in [0.5, 0.6) is 5.75 Å². The highest BCUT2D eigenvalue weighted by Gasteiger charge is 2.18. The van der Waals surface area contributed by atoms with Crippen molar-refractivity contribution in [2.75, 3.05) is 11.9 Å². The smallest absolute Gasteiger partial charge is 0.262 e. The van der Waals surface area contributed by atoms with Gasteiger partial charge in [-0.2, -0.15) is 4.98 Å². The number of carbonyl (C=O) groups is 1. The molecule has 2 heterocycles. The summed E-state index contributed by atoms with van der Waals surface area (Å²) in [5.41, 5.74) is 3.49.